The Morgan fingerprint density at radius 3 is 3.00 bits per heavy atom. The zero-order valence-corrected chi connectivity index (χ0v) is 5.63. The molecule has 0 spiro atoms. The van der Waals surface area contributed by atoms with Crippen molar-refractivity contribution in [3.05, 3.63) is 22.9 Å². The lowest BCUT2D eigenvalue weighted by Crippen LogP contribution is -1.86. The number of nitrogens with zero attached hydrogens (tertiary/aromatic N) is 1. The summed E-state index contributed by atoms with van der Waals surface area (Å²) in [4.78, 5) is 0. The Bertz CT molecular complexity index is 132. The van der Waals surface area contributed by atoms with Crippen LogP contribution in [0.4, 0.5) is 0 Å². The molecule has 0 aromatic heterocycles. The smallest absolute Gasteiger partial charge is 0.301 e. The van der Waals surface area contributed by atoms with Crippen LogP contribution in [0.15, 0.2) is 12.7 Å². The van der Waals surface area contributed by atoms with Gasteiger partial charge in [-0.1, -0.05) is 6.08 Å². The molecule has 0 fully saturated rings. The number of hydrogen-bond donors (Lipinski definition) is 0. The SMILES string of the molecule is C=CCCC(C)C#[N+][O-]. The van der Waals surface area contributed by atoms with Crippen LogP contribution in [-0.4, -0.2) is 0 Å². The molecule has 0 amide bonds. The van der Waals surface area contributed by atoms with E-state index in [1.54, 1.807) is 0 Å². The Morgan fingerprint density at radius 1 is 1.89 bits per heavy atom. The van der Waals surface area contributed by atoms with E-state index in [0.717, 1.165) is 12.8 Å². The summed E-state index contributed by atoms with van der Waals surface area (Å²) in [5.74, 6) is 0.167. The monoisotopic (exact) mass is 125 g/mol. The van der Waals surface area contributed by atoms with Crippen LogP contribution in [0.3, 0.4) is 0 Å². The maximum Gasteiger partial charge on any atom is 0.301 e. The highest BCUT2D eigenvalue weighted by Gasteiger charge is 2.00. The molecule has 2 nitrogen and oxygen atoms in total. The van der Waals surface area contributed by atoms with Gasteiger partial charge >= 0.3 is 6.07 Å². The molecule has 0 saturated heterocycles. The lowest BCUT2D eigenvalue weighted by molar-refractivity contribution is 0.679. The average Bonchev–Trinajstić information content (AvgIpc) is 1.85. The van der Waals surface area contributed by atoms with Crippen LogP contribution in [-0.2, 0) is 0 Å². The molecular formula is C7H11NO. The summed E-state index contributed by atoms with van der Waals surface area (Å²) < 4.78 is 0. The van der Waals surface area contributed by atoms with Gasteiger partial charge in [0.2, 0.25) is 0 Å². The van der Waals surface area contributed by atoms with E-state index in [1.165, 1.54) is 0 Å². The van der Waals surface area contributed by atoms with Gasteiger partial charge in [0.15, 0.2) is 0 Å². The predicted molar refractivity (Wildman–Crippen MR) is 39.2 cm³/mol. The number of allylic oxidation sites excluding steroid dienone is 1. The first-order chi connectivity index (χ1) is 4.31. The van der Waals surface area contributed by atoms with E-state index in [-0.39, 0.29) is 5.92 Å². The van der Waals surface area contributed by atoms with E-state index in [1.807, 2.05) is 13.0 Å². The van der Waals surface area contributed by atoms with Gasteiger partial charge in [0.05, 0.1) is 5.92 Å². The number of hydrogen-bond acceptors (Lipinski definition) is 1. The van der Waals surface area contributed by atoms with Gasteiger partial charge in [-0.05, 0) is 19.8 Å². The van der Waals surface area contributed by atoms with Crippen molar-refractivity contribution in [3.8, 4) is 6.07 Å². The lowest BCUT2D eigenvalue weighted by Gasteiger charge is -1.91. The highest BCUT2D eigenvalue weighted by molar-refractivity contribution is 4.92. The Kier molecular flexibility index (Phi) is 4.61. The molecule has 0 aliphatic carbocycles. The largest absolute Gasteiger partial charge is 0.498 e. The summed E-state index contributed by atoms with van der Waals surface area (Å²) in [6.45, 7) is 5.46. The quantitative estimate of drug-likeness (QED) is 0.420. The fraction of sp³-hybridized carbons (Fsp3) is 0.571. The van der Waals surface area contributed by atoms with Gasteiger partial charge in [-0.3, -0.25) is 0 Å². The van der Waals surface area contributed by atoms with E-state index in [4.69, 9.17) is 0 Å². The standard InChI is InChI=1S/C7H11NO/c1-3-4-5-7(2)6-8-9/h3,7H,1,4-5H2,2H3. The van der Waals surface area contributed by atoms with Crippen LogP contribution in [0.1, 0.15) is 19.8 Å². The summed E-state index contributed by atoms with van der Waals surface area (Å²) >= 11 is 0. The van der Waals surface area contributed by atoms with Crippen LogP contribution in [0.25, 0.3) is 5.01 Å². The fourth-order valence-electron chi connectivity index (χ4n) is 0.522. The molecule has 0 aliphatic rings. The van der Waals surface area contributed by atoms with Crippen molar-refractivity contribution in [2.24, 2.45) is 5.92 Å². The van der Waals surface area contributed by atoms with Gasteiger partial charge in [0.1, 0.15) is 0 Å². The molecule has 1 atom stereocenters. The second kappa shape index (κ2) is 5.17. The molecule has 0 aromatic rings. The summed E-state index contributed by atoms with van der Waals surface area (Å²) in [7, 11) is 0. The predicted octanol–water partition coefficient (Wildman–Crippen LogP) is 2.42. The van der Waals surface area contributed by atoms with Crippen molar-refractivity contribution in [1.82, 2.24) is 0 Å². The minimum Gasteiger partial charge on any atom is -0.498 e. The highest BCUT2D eigenvalue weighted by atomic mass is 16.4. The van der Waals surface area contributed by atoms with Crippen LogP contribution in [0, 0.1) is 17.2 Å². The second-order valence-electron chi connectivity index (χ2n) is 1.99. The van der Waals surface area contributed by atoms with E-state index >= 15 is 0 Å². The molecular weight excluding hydrogens is 114 g/mol. The first-order valence-electron chi connectivity index (χ1n) is 3.00. The van der Waals surface area contributed by atoms with E-state index in [2.05, 4.69) is 17.7 Å². The third kappa shape index (κ3) is 4.89. The summed E-state index contributed by atoms with van der Waals surface area (Å²) in [6, 6.07) is 2.40. The minimum atomic E-state index is 0.167. The van der Waals surface area contributed by atoms with E-state index in [9.17, 15) is 5.21 Å². The van der Waals surface area contributed by atoms with Crippen molar-refractivity contribution >= 4 is 0 Å². The molecule has 0 aromatic carbocycles. The Labute approximate surface area is 55.6 Å². The van der Waals surface area contributed by atoms with Crippen molar-refractivity contribution in [2.45, 2.75) is 19.8 Å². The molecule has 0 N–H and O–H groups in total. The fourth-order valence-corrected chi connectivity index (χ4v) is 0.522. The second-order valence-corrected chi connectivity index (χ2v) is 1.99. The summed E-state index contributed by atoms with van der Waals surface area (Å²) in [5, 5.41) is 12.1. The normalized spacial score (nSPS) is 11.2. The molecule has 0 saturated carbocycles. The molecule has 50 valence electrons. The van der Waals surface area contributed by atoms with Crippen molar-refractivity contribution < 1.29 is 0 Å². The molecule has 2 heteroatoms. The zero-order chi connectivity index (χ0) is 7.11. The van der Waals surface area contributed by atoms with Crippen LogP contribution < -0.4 is 0 Å². The summed E-state index contributed by atoms with van der Waals surface area (Å²) in [6.07, 6.45) is 3.65. The summed E-state index contributed by atoms with van der Waals surface area (Å²) in [5.41, 5.74) is 0. The first-order valence-corrected chi connectivity index (χ1v) is 3.00. The number of rotatable bonds is 3. The van der Waals surface area contributed by atoms with Gasteiger partial charge in [0, 0.05) is 5.01 Å². The minimum absolute atomic E-state index is 0.167. The average molecular weight is 125 g/mol. The van der Waals surface area contributed by atoms with Gasteiger partial charge in [-0.25, -0.2) is 0 Å². The molecule has 0 rings (SSSR count). The Hall–Kier alpha value is -0.970. The maximum absolute atomic E-state index is 9.59. The molecule has 1 unspecified atom stereocenters. The van der Waals surface area contributed by atoms with Crippen molar-refractivity contribution in [2.75, 3.05) is 0 Å². The highest BCUT2D eigenvalue weighted by Crippen LogP contribution is 2.03. The van der Waals surface area contributed by atoms with Gasteiger partial charge in [-0.2, -0.15) is 0 Å². The van der Waals surface area contributed by atoms with Gasteiger partial charge in [-0.15, -0.1) is 6.58 Å². The third-order valence-corrected chi connectivity index (χ3v) is 1.08. The van der Waals surface area contributed by atoms with Crippen LogP contribution in [0.2, 0.25) is 0 Å². The Balaban J connectivity index is 3.33. The topological polar surface area (TPSA) is 27.4 Å². The van der Waals surface area contributed by atoms with E-state index in [0.29, 0.717) is 0 Å². The first kappa shape index (κ1) is 8.03. The zero-order valence-electron chi connectivity index (χ0n) is 5.63. The van der Waals surface area contributed by atoms with Crippen molar-refractivity contribution in [1.29, 1.82) is 0 Å². The maximum atomic E-state index is 9.59. The molecule has 0 heterocycles. The molecule has 9 heavy (non-hydrogen) atoms. The van der Waals surface area contributed by atoms with Gasteiger partial charge in [0.25, 0.3) is 0 Å². The van der Waals surface area contributed by atoms with Crippen molar-refractivity contribution in [3.63, 3.8) is 0 Å². The Morgan fingerprint density at radius 2 is 2.56 bits per heavy atom. The molecule has 0 radical (unpaired) electrons. The van der Waals surface area contributed by atoms with E-state index < -0.39 is 0 Å². The molecule has 0 aliphatic heterocycles. The lowest BCUT2D eigenvalue weighted by atomic mass is 10.1. The van der Waals surface area contributed by atoms with Gasteiger partial charge < -0.3 is 5.21 Å². The third-order valence-electron chi connectivity index (χ3n) is 1.08. The molecule has 0 bridgehead atoms. The van der Waals surface area contributed by atoms with Crippen LogP contribution >= 0.6 is 0 Å². The van der Waals surface area contributed by atoms with Crippen LogP contribution in [0.5, 0.6) is 0 Å².